The SMILES string of the molecule is Cc1ccc(OCC(O)Cn2cnc(-c3ccccc3)n2)cc1. The number of ether oxygens (including phenoxy) is 1. The zero-order valence-corrected chi connectivity index (χ0v) is 13.0. The third-order valence-electron chi connectivity index (χ3n) is 3.43. The number of aryl methyl sites for hydroxylation is 1. The summed E-state index contributed by atoms with van der Waals surface area (Å²) < 4.78 is 7.21. The normalized spacial score (nSPS) is 12.1. The summed E-state index contributed by atoms with van der Waals surface area (Å²) in [7, 11) is 0. The van der Waals surface area contributed by atoms with Crippen molar-refractivity contribution in [3.63, 3.8) is 0 Å². The van der Waals surface area contributed by atoms with Crippen LogP contribution < -0.4 is 4.74 Å². The summed E-state index contributed by atoms with van der Waals surface area (Å²) in [5.74, 6) is 1.40. The second-order valence-electron chi connectivity index (χ2n) is 5.43. The van der Waals surface area contributed by atoms with Crippen LogP contribution in [0, 0.1) is 6.92 Å². The van der Waals surface area contributed by atoms with E-state index >= 15 is 0 Å². The van der Waals surface area contributed by atoms with Crippen LogP contribution in [0.15, 0.2) is 60.9 Å². The molecule has 0 saturated carbocycles. The van der Waals surface area contributed by atoms with Gasteiger partial charge in [0.1, 0.15) is 24.8 Å². The van der Waals surface area contributed by atoms with E-state index in [1.165, 1.54) is 5.56 Å². The zero-order chi connectivity index (χ0) is 16.1. The molecule has 1 aromatic heterocycles. The van der Waals surface area contributed by atoms with Crippen molar-refractivity contribution in [3.8, 4) is 17.1 Å². The van der Waals surface area contributed by atoms with E-state index in [0.717, 1.165) is 11.3 Å². The van der Waals surface area contributed by atoms with Gasteiger partial charge in [0.05, 0.1) is 6.54 Å². The molecule has 5 heteroatoms. The minimum Gasteiger partial charge on any atom is -0.491 e. The monoisotopic (exact) mass is 309 g/mol. The molecule has 1 atom stereocenters. The van der Waals surface area contributed by atoms with Crippen molar-refractivity contribution >= 4 is 0 Å². The fourth-order valence-electron chi connectivity index (χ4n) is 2.20. The Kier molecular flexibility index (Phi) is 4.68. The lowest BCUT2D eigenvalue weighted by Crippen LogP contribution is -2.23. The molecule has 2 aromatic carbocycles. The lowest BCUT2D eigenvalue weighted by molar-refractivity contribution is 0.0893. The Bertz CT molecular complexity index is 738. The van der Waals surface area contributed by atoms with Crippen LogP contribution in [0.3, 0.4) is 0 Å². The van der Waals surface area contributed by atoms with Gasteiger partial charge in [0.25, 0.3) is 0 Å². The molecule has 1 heterocycles. The number of aromatic nitrogens is 3. The summed E-state index contributed by atoms with van der Waals surface area (Å²) in [5.41, 5.74) is 2.13. The maximum Gasteiger partial charge on any atom is 0.181 e. The molecule has 0 radical (unpaired) electrons. The largest absolute Gasteiger partial charge is 0.491 e. The van der Waals surface area contributed by atoms with E-state index in [1.54, 1.807) is 11.0 Å². The van der Waals surface area contributed by atoms with Crippen LogP contribution in [-0.4, -0.2) is 32.6 Å². The summed E-state index contributed by atoms with van der Waals surface area (Å²) in [6.07, 6.45) is 0.971. The standard InChI is InChI=1S/C18H19N3O2/c1-14-7-9-17(10-8-14)23-12-16(22)11-21-13-19-18(20-21)15-5-3-2-4-6-15/h2-10,13,16,22H,11-12H2,1H3. The van der Waals surface area contributed by atoms with Crippen molar-refractivity contribution in [1.82, 2.24) is 14.8 Å². The average Bonchev–Trinajstić information content (AvgIpc) is 3.04. The topological polar surface area (TPSA) is 60.2 Å². The average molecular weight is 309 g/mol. The second-order valence-corrected chi connectivity index (χ2v) is 5.43. The van der Waals surface area contributed by atoms with E-state index in [0.29, 0.717) is 12.4 Å². The first kappa shape index (κ1) is 15.2. The van der Waals surface area contributed by atoms with E-state index in [9.17, 15) is 5.11 Å². The lowest BCUT2D eigenvalue weighted by atomic mass is 10.2. The number of hydrogen-bond donors (Lipinski definition) is 1. The van der Waals surface area contributed by atoms with Gasteiger partial charge >= 0.3 is 0 Å². The Hall–Kier alpha value is -2.66. The number of rotatable bonds is 6. The first-order valence-electron chi connectivity index (χ1n) is 7.53. The van der Waals surface area contributed by atoms with Gasteiger partial charge in [-0.3, -0.25) is 0 Å². The molecule has 1 N–H and O–H groups in total. The molecular weight excluding hydrogens is 290 g/mol. The van der Waals surface area contributed by atoms with Gasteiger partial charge in [-0.25, -0.2) is 9.67 Å². The molecule has 5 nitrogen and oxygen atoms in total. The third-order valence-corrected chi connectivity index (χ3v) is 3.43. The van der Waals surface area contributed by atoms with Crippen LogP contribution in [-0.2, 0) is 6.54 Å². The van der Waals surface area contributed by atoms with Crippen molar-refractivity contribution in [1.29, 1.82) is 0 Å². The third kappa shape index (κ3) is 4.17. The predicted octanol–water partition coefficient (Wildman–Crippen LogP) is 2.69. The van der Waals surface area contributed by atoms with Gasteiger partial charge in [-0.2, -0.15) is 5.10 Å². The zero-order valence-electron chi connectivity index (χ0n) is 13.0. The highest BCUT2D eigenvalue weighted by atomic mass is 16.5. The number of nitrogens with zero attached hydrogens (tertiary/aromatic N) is 3. The Morgan fingerprint density at radius 3 is 2.57 bits per heavy atom. The minimum absolute atomic E-state index is 0.212. The smallest absolute Gasteiger partial charge is 0.181 e. The Morgan fingerprint density at radius 1 is 1.09 bits per heavy atom. The van der Waals surface area contributed by atoms with Crippen LogP contribution in [0.4, 0.5) is 0 Å². The van der Waals surface area contributed by atoms with Crippen LogP contribution in [0.25, 0.3) is 11.4 Å². The van der Waals surface area contributed by atoms with Gasteiger partial charge in [-0.1, -0.05) is 48.0 Å². The molecule has 23 heavy (non-hydrogen) atoms. The highest BCUT2D eigenvalue weighted by Gasteiger charge is 2.09. The number of aliphatic hydroxyl groups is 1. The molecular formula is C18H19N3O2. The van der Waals surface area contributed by atoms with Crippen LogP contribution in [0.2, 0.25) is 0 Å². The van der Waals surface area contributed by atoms with Gasteiger partial charge in [-0.15, -0.1) is 0 Å². The van der Waals surface area contributed by atoms with E-state index in [2.05, 4.69) is 10.1 Å². The summed E-state index contributed by atoms with van der Waals surface area (Å²) >= 11 is 0. The first-order valence-corrected chi connectivity index (χ1v) is 7.53. The number of aliphatic hydroxyl groups excluding tert-OH is 1. The molecule has 0 aliphatic heterocycles. The molecule has 0 saturated heterocycles. The summed E-state index contributed by atoms with van der Waals surface area (Å²) in [6, 6.07) is 17.5. The van der Waals surface area contributed by atoms with Gasteiger partial charge in [-0.05, 0) is 19.1 Å². The molecule has 0 amide bonds. The van der Waals surface area contributed by atoms with Crippen molar-refractivity contribution in [2.24, 2.45) is 0 Å². The Balaban J connectivity index is 1.55. The van der Waals surface area contributed by atoms with Crippen molar-refractivity contribution in [3.05, 3.63) is 66.5 Å². The second kappa shape index (κ2) is 7.07. The summed E-state index contributed by atoms with van der Waals surface area (Å²) in [5, 5.41) is 14.5. The number of hydrogen-bond acceptors (Lipinski definition) is 4. The summed E-state index contributed by atoms with van der Waals surface area (Å²) in [4.78, 5) is 4.27. The highest BCUT2D eigenvalue weighted by molar-refractivity contribution is 5.53. The maximum atomic E-state index is 10.1. The van der Waals surface area contributed by atoms with Gasteiger partial charge in [0, 0.05) is 5.56 Å². The lowest BCUT2D eigenvalue weighted by Gasteiger charge is -2.12. The van der Waals surface area contributed by atoms with E-state index in [-0.39, 0.29) is 6.61 Å². The van der Waals surface area contributed by atoms with Crippen LogP contribution >= 0.6 is 0 Å². The minimum atomic E-state index is -0.651. The molecule has 0 fully saturated rings. The molecule has 0 bridgehead atoms. The predicted molar refractivity (Wildman–Crippen MR) is 88.1 cm³/mol. The molecule has 3 rings (SSSR count). The Labute approximate surface area is 135 Å². The maximum absolute atomic E-state index is 10.1. The van der Waals surface area contributed by atoms with E-state index in [1.807, 2.05) is 61.5 Å². The van der Waals surface area contributed by atoms with E-state index in [4.69, 9.17) is 4.74 Å². The van der Waals surface area contributed by atoms with Gasteiger partial charge in [0.15, 0.2) is 5.82 Å². The van der Waals surface area contributed by atoms with Crippen molar-refractivity contribution < 1.29 is 9.84 Å². The molecule has 1 unspecified atom stereocenters. The Morgan fingerprint density at radius 2 is 1.83 bits per heavy atom. The van der Waals surface area contributed by atoms with Crippen LogP contribution in [0.1, 0.15) is 5.56 Å². The van der Waals surface area contributed by atoms with Crippen molar-refractivity contribution in [2.75, 3.05) is 6.61 Å². The first-order chi connectivity index (χ1) is 11.2. The fraction of sp³-hybridized carbons (Fsp3) is 0.222. The quantitative estimate of drug-likeness (QED) is 0.760. The van der Waals surface area contributed by atoms with Crippen LogP contribution in [0.5, 0.6) is 5.75 Å². The number of benzene rings is 2. The highest BCUT2D eigenvalue weighted by Crippen LogP contribution is 2.14. The summed E-state index contributed by atoms with van der Waals surface area (Å²) in [6.45, 7) is 2.57. The molecule has 0 aliphatic carbocycles. The van der Waals surface area contributed by atoms with E-state index < -0.39 is 6.10 Å². The van der Waals surface area contributed by atoms with Gasteiger partial charge < -0.3 is 9.84 Å². The molecule has 0 spiro atoms. The molecule has 0 aliphatic rings. The van der Waals surface area contributed by atoms with Gasteiger partial charge in [0.2, 0.25) is 0 Å². The fourth-order valence-corrected chi connectivity index (χ4v) is 2.20. The molecule has 3 aromatic rings. The van der Waals surface area contributed by atoms with Crippen molar-refractivity contribution in [2.45, 2.75) is 19.6 Å². The molecule has 118 valence electrons.